The van der Waals surface area contributed by atoms with Crippen LogP contribution in [0.4, 0.5) is 4.39 Å². The maximum Gasteiger partial charge on any atom is 0.123 e. The predicted octanol–water partition coefficient (Wildman–Crippen LogP) is 4.19. The van der Waals surface area contributed by atoms with Crippen LogP contribution in [0.15, 0.2) is 41.8 Å². The van der Waals surface area contributed by atoms with Gasteiger partial charge in [0.15, 0.2) is 0 Å². The molecule has 1 heterocycles. The highest BCUT2D eigenvalue weighted by atomic mass is 32.1. The van der Waals surface area contributed by atoms with Gasteiger partial charge in [0.25, 0.3) is 0 Å². The molecule has 0 aliphatic heterocycles. The van der Waals surface area contributed by atoms with Crippen molar-refractivity contribution in [1.82, 2.24) is 0 Å². The molecule has 0 aliphatic rings. The Kier molecular flexibility index (Phi) is 1.58. The number of benzene rings is 2. The lowest BCUT2D eigenvalue weighted by atomic mass is 10.1. The van der Waals surface area contributed by atoms with Crippen LogP contribution in [-0.2, 0) is 0 Å². The van der Waals surface area contributed by atoms with Gasteiger partial charge in [-0.25, -0.2) is 4.39 Å². The monoisotopic (exact) mass is 202 g/mol. The molecule has 2 heteroatoms. The third-order valence-electron chi connectivity index (χ3n) is 2.41. The Morgan fingerprint density at radius 2 is 1.79 bits per heavy atom. The Morgan fingerprint density at radius 3 is 2.71 bits per heavy atom. The van der Waals surface area contributed by atoms with E-state index in [4.69, 9.17) is 0 Å². The number of fused-ring (bicyclic) bond motifs is 3. The zero-order chi connectivity index (χ0) is 9.54. The quantitative estimate of drug-likeness (QED) is 0.512. The zero-order valence-electron chi connectivity index (χ0n) is 7.33. The first-order chi connectivity index (χ1) is 6.84. The van der Waals surface area contributed by atoms with Gasteiger partial charge in [0, 0.05) is 10.1 Å². The highest BCUT2D eigenvalue weighted by Crippen LogP contribution is 2.29. The lowest BCUT2D eigenvalue weighted by Crippen LogP contribution is -1.76. The van der Waals surface area contributed by atoms with Crippen molar-refractivity contribution in [3.63, 3.8) is 0 Å². The molecule has 1 aromatic heterocycles. The molecule has 0 N–H and O–H groups in total. The summed E-state index contributed by atoms with van der Waals surface area (Å²) in [4.78, 5) is 0. The van der Waals surface area contributed by atoms with Gasteiger partial charge in [-0.05, 0) is 40.4 Å². The summed E-state index contributed by atoms with van der Waals surface area (Å²) in [6, 6.07) is 11.1. The minimum atomic E-state index is -0.170. The highest BCUT2D eigenvalue weighted by molar-refractivity contribution is 7.17. The van der Waals surface area contributed by atoms with Crippen molar-refractivity contribution < 1.29 is 4.39 Å². The number of thiophene rings is 1. The lowest BCUT2D eigenvalue weighted by molar-refractivity contribution is 0.630. The van der Waals surface area contributed by atoms with Gasteiger partial charge in [0.1, 0.15) is 5.82 Å². The fourth-order valence-electron chi connectivity index (χ4n) is 1.75. The standard InChI is InChI=1S/C12H7FS/c13-9-3-1-8-2-4-12-10(5-6-14-12)11(8)7-9/h1-7H. The van der Waals surface area contributed by atoms with E-state index < -0.39 is 0 Å². The SMILES string of the molecule is Fc1ccc2ccc3sccc3c2c1. The molecule has 0 saturated carbocycles. The molecule has 0 amide bonds. The van der Waals surface area contributed by atoms with Crippen LogP contribution in [0.25, 0.3) is 20.9 Å². The average molecular weight is 202 g/mol. The smallest absolute Gasteiger partial charge is 0.123 e. The van der Waals surface area contributed by atoms with Crippen LogP contribution in [0.2, 0.25) is 0 Å². The second-order valence-corrected chi connectivity index (χ2v) is 4.21. The van der Waals surface area contributed by atoms with Crippen LogP contribution in [-0.4, -0.2) is 0 Å². The second kappa shape index (κ2) is 2.79. The maximum absolute atomic E-state index is 13.1. The van der Waals surface area contributed by atoms with E-state index in [1.807, 2.05) is 23.6 Å². The molecule has 3 rings (SSSR count). The first-order valence-corrected chi connectivity index (χ1v) is 5.28. The molecule has 0 spiro atoms. The van der Waals surface area contributed by atoms with E-state index in [-0.39, 0.29) is 5.82 Å². The molecular formula is C12H7FS. The van der Waals surface area contributed by atoms with E-state index in [1.165, 1.54) is 10.8 Å². The van der Waals surface area contributed by atoms with Crippen LogP contribution in [0.3, 0.4) is 0 Å². The third-order valence-corrected chi connectivity index (χ3v) is 3.30. The minimum Gasteiger partial charge on any atom is -0.207 e. The van der Waals surface area contributed by atoms with Gasteiger partial charge >= 0.3 is 0 Å². The number of rotatable bonds is 0. The third kappa shape index (κ3) is 1.04. The molecule has 3 aromatic rings. The lowest BCUT2D eigenvalue weighted by Gasteiger charge is -1.99. The summed E-state index contributed by atoms with van der Waals surface area (Å²) < 4.78 is 14.3. The molecule has 0 atom stereocenters. The minimum absolute atomic E-state index is 0.170. The van der Waals surface area contributed by atoms with Gasteiger partial charge in [-0.2, -0.15) is 0 Å². The van der Waals surface area contributed by atoms with Crippen molar-refractivity contribution in [2.24, 2.45) is 0 Å². The van der Waals surface area contributed by atoms with Gasteiger partial charge in [-0.3, -0.25) is 0 Å². The number of halogens is 1. The zero-order valence-corrected chi connectivity index (χ0v) is 8.14. The first-order valence-electron chi connectivity index (χ1n) is 4.40. The van der Waals surface area contributed by atoms with E-state index >= 15 is 0 Å². The summed E-state index contributed by atoms with van der Waals surface area (Å²) in [5.41, 5.74) is 0. The van der Waals surface area contributed by atoms with Gasteiger partial charge in [-0.15, -0.1) is 11.3 Å². The van der Waals surface area contributed by atoms with Crippen molar-refractivity contribution in [3.8, 4) is 0 Å². The Hall–Kier alpha value is -1.41. The molecule has 14 heavy (non-hydrogen) atoms. The molecule has 0 fully saturated rings. The molecule has 0 radical (unpaired) electrons. The van der Waals surface area contributed by atoms with Crippen molar-refractivity contribution in [2.75, 3.05) is 0 Å². The number of hydrogen-bond donors (Lipinski definition) is 0. The Bertz CT molecular complexity index is 610. The molecule has 2 aromatic carbocycles. The fourth-order valence-corrected chi connectivity index (χ4v) is 2.55. The number of hydrogen-bond acceptors (Lipinski definition) is 1. The van der Waals surface area contributed by atoms with Crippen molar-refractivity contribution >= 4 is 32.2 Å². The Labute approximate surface area is 84.6 Å². The summed E-state index contributed by atoms with van der Waals surface area (Å²) in [7, 11) is 0. The van der Waals surface area contributed by atoms with E-state index in [0.717, 1.165) is 16.2 Å². The van der Waals surface area contributed by atoms with E-state index in [9.17, 15) is 4.39 Å². The Morgan fingerprint density at radius 1 is 0.929 bits per heavy atom. The predicted molar refractivity (Wildman–Crippen MR) is 59.3 cm³/mol. The van der Waals surface area contributed by atoms with E-state index in [1.54, 1.807) is 17.4 Å². The van der Waals surface area contributed by atoms with Crippen molar-refractivity contribution in [1.29, 1.82) is 0 Å². The van der Waals surface area contributed by atoms with Crippen molar-refractivity contribution in [2.45, 2.75) is 0 Å². The molecule has 0 aliphatic carbocycles. The summed E-state index contributed by atoms with van der Waals surface area (Å²) in [6.45, 7) is 0. The molecule has 0 unspecified atom stereocenters. The van der Waals surface area contributed by atoms with E-state index in [0.29, 0.717) is 0 Å². The van der Waals surface area contributed by atoms with Crippen LogP contribution in [0.1, 0.15) is 0 Å². The summed E-state index contributed by atoms with van der Waals surface area (Å²) in [5, 5.41) is 5.28. The highest BCUT2D eigenvalue weighted by Gasteiger charge is 2.01. The normalized spacial score (nSPS) is 11.2. The van der Waals surface area contributed by atoms with Crippen LogP contribution >= 0.6 is 11.3 Å². The average Bonchev–Trinajstić information content (AvgIpc) is 2.65. The van der Waals surface area contributed by atoms with Crippen LogP contribution in [0.5, 0.6) is 0 Å². The maximum atomic E-state index is 13.1. The second-order valence-electron chi connectivity index (χ2n) is 3.26. The molecular weight excluding hydrogens is 195 g/mol. The summed E-state index contributed by atoms with van der Waals surface area (Å²) in [6.07, 6.45) is 0. The Balaban J connectivity index is 2.60. The molecule has 0 saturated heterocycles. The molecule has 68 valence electrons. The van der Waals surface area contributed by atoms with Crippen molar-refractivity contribution in [3.05, 3.63) is 47.6 Å². The first kappa shape index (κ1) is 7.94. The summed E-state index contributed by atoms with van der Waals surface area (Å²) in [5.74, 6) is -0.170. The van der Waals surface area contributed by atoms with Crippen LogP contribution in [0, 0.1) is 5.82 Å². The van der Waals surface area contributed by atoms with Gasteiger partial charge in [0.2, 0.25) is 0 Å². The summed E-state index contributed by atoms with van der Waals surface area (Å²) >= 11 is 1.69. The van der Waals surface area contributed by atoms with Gasteiger partial charge in [0.05, 0.1) is 0 Å². The van der Waals surface area contributed by atoms with Gasteiger partial charge in [-0.1, -0.05) is 12.1 Å². The topological polar surface area (TPSA) is 0 Å². The van der Waals surface area contributed by atoms with Gasteiger partial charge < -0.3 is 0 Å². The largest absolute Gasteiger partial charge is 0.207 e. The fraction of sp³-hybridized carbons (Fsp3) is 0. The molecule has 0 nitrogen and oxygen atoms in total. The molecule has 0 bridgehead atoms. The van der Waals surface area contributed by atoms with E-state index in [2.05, 4.69) is 6.07 Å². The van der Waals surface area contributed by atoms with Crippen LogP contribution < -0.4 is 0 Å².